The molecule has 0 bridgehead atoms. The largest absolute Gasteiger partial charge is 0.478 e. The molecule has 0 aliphatic carbocycles. The second kappa shape index (κ2) is 5.89. The van der Waals surface area contributed by atoms with Gasteiger partial charge >= 0.3 is 5.97 Å². The van der Waals surface area contributed by atoms with E-state index in [4.69, 9.17) is 5.11 Å². The summed E-state index contributed by atoms with van der Waals surface area (Å²) in [6.45, 7) is 3.87. The maximum Gasteiger partial charge on any atom is 0.335 e. The van der Waals surface area contributed by atoms with Crippen LogP contribution in [0, 0.1) is 13.8 Å². The van der Waals surface area contributed by atoms with Gasteiger partial charge in [0.05, 0.1) is 10.6 Å². The molecule has 0 aliphatic rings. The highest BCUT2D eigenvalue weighted by molar-refractivity contribution is 7.98. The molecule has 1 N–H and O–H groups in total. The van der Waals surface area contributed by atoms with Crippen molar-refractivity contribution >= 4 is 17.7 Å². The van der Waals surface area contributed by atoms with E-state index in [2.05, 4.69) is 30.1 Å². The van der Waals surface area contributed by atoms with E-state index in [0.29, 0.717) is 5.56 Å². The van der Waals surface area contributed by atoms with Gasteiger partial charge < -0.3 is 5.11 Å². The number of aromatic carboxylic acids is 1. The number of aromatic nitrogens is 1. The first-order chi connectivity index (χ1) is 9.04. The van der Waals surface area contributed by atoms with Crippen LogP contribution in [0.4, 0.5) is 0 Å². The number of rotatable bonds is 4. The molecule has 0 radical (unpaired) electrons. The number of hydrogen-bond acceptors (Lipinski definition) is 3. The first-order valence-corrected chi connectivity index (χ1v) is 6.93. The van der Waals surface area contributed by atoms with E-state index >= 15 is 0 Å². The number of hydrogen-bond donors (Lipinski definition) is 1. The van der Waals surface area contributed by atoms with E-state index in [9.17, 15) is 4.79 Å². The molecule has 0 aliphatic heterocycles. The fourth-order valence-corrected chi connectivity index (χ4v) is 2.71. The van der Waals surface area contributed by atoms with Crippen LogP contribution in [0.2, 0.25) is 0 Å². The first kappa shape index (κ1) is 13.6. The lowest BCUT2D eigenvalue weighted by atomic mass is 10.2. The third-order valence-corrected chi connectivity index (χ3v) is 3.63. The van der Waals surface area contributed by atoms with Crippen molar-refractivity contribution in [3.63, 3.8) is 0 Å². The average Bonchev–Trinajstić information content (AvgIpc) is 2.36. The Bertz CT molecular complexity index is 611. The third kappa shape index (κ3) is 3.83. The number of thioether (sulfide) groups is 1. The standard InChI is InChI=1S/C15H15NO2S/c1-10-4-3-5-12(6-10)9-19-14-8-13(15(17)18)7-11(2)16-14/h3-8H,9H2,1-2H3,(H,17,18). The van der Waals surface area contributed by atoms with Gasteiger partial charge in [-0.15, -0.1) is 11.8 Å². The number of carbonyl (C=O) groups is 1. The number of carboxylic acid groups (broad SMARTS) is 1. The average molecular weight is 273 g/mol. The second-order valence-electron chi connectivity index (χ2n) is 4.42. The molecular weight excluding hydrogens is 258 g/mol. The summed E-state index contributed by atoms with van der Waals surface area (Å²) < 4.78 is 0. The minimum Gasteiger partial charge on any atom is -0.478 e. The number of nitrogens with zero attached hydrogens (tertiary/aromatic N) is 1. The zero-order valence-corrected chi connectivity index (χ0v) is 11.7. The van der Waals surface area contributed by atoms with Gasteiger partial charge in [0.1, 0.15) is 0 Å². The van der Waals surface area contributed by atoms with Crippen LogP contribution >= 0.6 is 11.8 Å². The molecule has 0 atom stereocenters. The molecule has 98 valence electrons. The van der Waals surface area contributed by atoms with Crippen molar-refractivity contribution in [2.75, 3.05) is 0 Å². The van der Waals surface area contributed by atoms with Crippen molar-refractivity contribution in [2.45, 2.75) is 24.6 Å². The molecule has 19 heavy (non-hydrogen) atoms. The van der Waals surface area contributed by atoms with Gasteiger partial charge in [-0.3, -0.25) is 0 Å². The van der Waals surface area contributed by atoms with Crippen molar-refractivity contribution < 1.29 is 9.90 Å². The van der Waals surface area contributed by atoms with Crippen LogP contribution < -0.4 is 0 Å². The number of benzene rings is 1. The highest BCUT2D eigenvalue weighted by atomic mass is 32.2. The highest BCUT2D eigenvalue weighted by Gasteiger charge is 2.07. The molecule has 2 rings (SSSR count). The Morgan fingerprint density at radius 1 is 1.26 bits per heavy atom. The van der Waals surface area contributed by atoms with Gasteiger partial charge in [0.15, 0.2) is 0 Å². The highest BCUT2D eigenvalue weighted by Crippen LogP contribution is 2.23. The third-order valence-electron chi connectivity index (χ3n) is 2.65. The zero-order chi connectivity index (χ0) is 13.8. The lowest BCUT2D eigenvalue weighted by molar-refractivity contribution is 0.0696. The Morgan fingerprint density at radius 2 is 2.05 bits per heavy atom. The van der Waals surface area contributed by atoms with Crippen molar-refractivity contribution in [1.82, 2.24) is 4.98 Å². The maximum absolute atomic E-state index is 11.0. The van der Waals surface area contributed by atoms with E-state index in [-0.39, 0.29) is 0 Å². The number of aryl methyl sites for hydroxylation is 2. The fraction of sp³-hybridized carbons (Fsp3) is 0.200. The fourth-order valence-electron chi connectivity index (χ4n) is 1.79. The van der Waals surface area contributed by atoms with Crippen molar-refractivity contribution in [3.8, 4) is 0 Å². The lowest BCUT2D eigenvalue weighted by Gasteiger charge is -2.05. The Kier molecular flexibility index (Phi) is 4.22. The van der Waals surface area contributed by atoms with Gasteiger partial charge in [-0.1, -0.05) is 29.8 Å². The molecule has 0 spiro atoms. The number of carboxylic acids is 1. The predicted molar refractivity (Wildman–Crippen MR) is 76.7 cm³/mol. The maximum atomic E-state index is 11.0. The summed E-state index contributed by atoms with van der Waals surface area (Å²) in [6, 6.07) is 11.5. The summed E-state index contributed by atoms with van der Waals surface area (Å²) in [7, 11) is 0. The molecule has 1 aromatic carbocycles. The van der Waals surface area contributed by atoms with Gasteiger partial charge in [-0.05, 0) is 31.5 Å². The monoisotopic (exact) mass is 273 g/mol. The molecule has 4 heteroatoms. The minimum absolute atomic E-state index is 0.291. The summed E-state index contributed by atoms with van der Waals surface area (Å²) in [5.41, 5.74) is 3.46. The molecule has 0 saturated heterocycles. The van der Waals surface area contributed by atoms with Crippen LogP contribution in [-0.4, -0.2) is 16.1 Å². The van der Waals surface area contributed by atoms with E-state index in [0.717, 1.165) is 16.5 Å². The summed E-state index contributed by atoms with van der Waals surface area (Å²) in [6.07, 6.45) is 0. The van der Waals surface area contributed by atoms with Crippen LogP contribution in [-0.2, 0) is 5.75 Å². The van der Waals surface area contributed by atoms with Gasteiger partial charge in [-0.25, -0.2) is 9.78 Å². The van der Waals surface area contributed by atoms with Gasteiger partial charge in [0.2, 0.25) is 0 Å². The van der Waals surface area contributed by atoms with Crippen molar-refractivity contribution in [1.29, 1.82) is 0 Å². The molecule has 0 saturated carbocycles. The molecule has 3 nitrogen and oxygen atoms in total. The molecular formula is C15H15NO2S. The van der Waals surface area contributed by atoms with Crippen LogP contribution in [0.1, 0.15) is 27.2 Å². The first-order valence-electron chi connectivity index (χ1n) is 5.95. The van der Waals surface area contributed by atoms with Crippen LogP contribution in [0.25, 0.3) is 0 Å². The summed E-state index contributed by atoms with van der Waals surface area (Å²) in [4.78, 5) is 15.3. The van der Waals surface area contributed by atoms with E-state index in [1.807, 2.05) is 13.0 Å². The zero-order valence-electron chi connectivity index (χ0n) is 10.9. The Hall–Kier alpha value is -1.81. The molecule has 0 unspecified atom stereocenters. The van der Waals surface area contributed by atoms with Gasteiger partial charge in [-0.2, -0.15) is 0 Å². The Balaban J connectivity index is 2.13. The summed E-state index contributed by atoms with van der Waals surface area (Å²) in [5, 5.41) is 9.77. The number of pyridine rings is 1. The topological polar surface area (TPSA) is 50.2 Å². The van der Waals surface area contributed by atoms with Crippen LogP contribution in [0.5, 0.6) is 0 Å². The van der Waals surface area contributed by atoms with Crippen molar-refractivity contribution in [2.24, 2.45) is 0 Å². The van der Waals surface area contributed by atoms with Gasteiger partial charge in [0, 0.05) is 11.4 Å². The SMILES string of the molecule is Cc1cccc(CSc2cc(C(=O)O)cc(C)n2)c1. The van der Waals surface area contributed by atoms with E-state index in [1.54, 1.807) is 23.9 Å². The predicted octanol–water partition coefficient (Wildman–Crippen LogP) is 3.69. The smallest absolute Gasteiger partial charge is 0.335 e. The summed E-state index contributed by atoms with van der Waals surface area (Å²) in [5.74, 6) is -0.125. The van der Waals surface area contributed by atoms with E-state index in [1.165, 1.54) is 11.1 Å². The quantitative estimate of drug-likeness (QED) is 0.863. The molecule has 1 heterocycles. The minimum atomic E-state index is -0.914. The normalized spacial score (nSPS) is 10.4. The Morgan fingerprint density at radius 3 is 2.74 bits per heavy atom. The van der Waals surface area contributed by atoms with Gasteiger partial charge in [0.25, 0.3) is 0 Å². The second-order valence-corrected chi connectivity index (χ2v) is 5.41. The summed E-state index contributed by atoms with van der Waals surface area (Å²) >= 11 is 1.55. The lowest BCUT2D eigenvalue weighted by Crippen LogP contribution is -1.99. The van der Waals surface area contributed by atoms with E-state index < -0.39 is 5.97 Å². The molecule has 0 amide bonds. The Labute approximate surface area is 116 Å². The molecule has 1 aromatic heterocycles. The van der Waals surface area contributed by atoms with Crippen LogP contribution in [0.3, 0.4) is 0 Å². The van der Waals surface area contributed by atoms with Crippen LogP contribution in [0.15, 0.2) is 41.4 Å². The molecule has 2 aromatic rings. The molecule has 0 fully saturated rings. The van der Waals surface area contributed by atoms with Crippen molar-refractivity contribution in [3.05, 3.63) is 58.8 Å².